The van der Waals surface area contributed by atoms with E-state index in [1.807, 2.05) is 5.09 Å². The fourth-order valence-corrected chi connectivity index (χ4v) is 12.1. The fourth-order valence-electron chi connectivity index (χ4n) is 7.91. The summed E-state index contributed by atoms with van der Waals surface area (Å²) in [4.78, 5) is 150. The number of carboxylic acid groups (broad SMARTS) is 3. The number of imidazole rings is 1. The summed E-state index contributed by atoms with van der Waals surface area (Å²) in [7, 11) is -21.7. The second kappa shape index (κ2) is 31.3. The molecule has 1 aromatic carbocycles. The fraction of sp³-hybridized carbons (Fsp3) is 0.581. The Labute approximate surface area is 471 Å². The van der Waals surface area contributed by atoms with Crippen molar-refractivity contribution < 1.29 is 124 Å². The summed E-state index contributed by atoms with van der Waals surface area (Å²) in [6, 6.07) is -1.54. The number of anilines is 1. The van der Waals surface area contributed by atoms with Gasteiger partial charge in [0.15, 0.2) is 17.7 Å². The molecule has 1 aliphatic rings. The zero-order valence-corrected chi connectivity index (χ0v) is 47.8. The molecular formula is C43H66N10O26P4. The van der Waals surface area contributed by atoms with Gasteiger partial charge in [-0.15, -0.1) is 0 Å². The molecule has 2 aromatic heterocycles. The minimum Gasteiger partial charge on any atom is -0.481 e. The van der Waals surface area contributed by atoms with Gasteiger partial charge in [0, 0.05) is 32.2 Å². The van der Waals surface area contributed by atoms with Crippen molar-refractivity contribution in [2.75, 3.05) is 18.9 Å². The summed E-state index contributed by atoms with van der Waals surface area (Å²) in [6.07, 6.45) is -5.62. The van der Waals surface area contributed by atoms with E-state index in [1.54, 1.807) is 6.92 Å². The Morgan fingerprint density at radius 2 is 1.30 bits per heavy atom. The number of nitrogens with two attached hydrogens (primary N) is 1. The van der Waals surface area contributed by atoms with Gasteiger partial charge in [-0.25, -0.2) is 43.1 Å². The summed E-state index contributed by atoms with van der Waals surface area (Å²) in [5.74, 6) is -9.15. The lowest BCUT2D eigenvalue weighted by Crippen LogP contribution is -2.58. The minimum atomic E-state index is -5.86. The number of nitrogens with one attached hydrogen (secondary N) is 5. The molecule has 1 saturated heterocycles. The summed E-state index contributed by atoms with van der Waals surface area (Å²) >= 11 is 0. The van der Waals surface area contributed by atoms with Crippen molar-refractivity contribution in [2.24, 2.45) is 5.92 Å². The van der Waals surface area contributed by atoms with Gasteiger partial charge < -0.3 is 76.5 Å². The molecule has 3 aromatic rings. The first kappa shape index (κ1) is 69.6. The molecule has 4 amide bonds. The Morgan fingerprint density at radius 1 is 0.723 bits per heavy atom. The maximum absolute atomic E-state index is 14.0. The molecule has 83 heavy (non-hydrogen) atoms. The molecule has 1 aliphatic heterocycles. The molecule has 3 heterocycles. The molecule has 0 saturated carbocycles. The van der Waals surface area contributed by atoms with Crippen LogP contribution in [0.2, 0.25) is 0 Å². The Balaban J connectivity index is 1.30. The second-order valence-corrected chi connectivity index (χ2v) is 24.7. The number of phosphoric ester groups is 2. The number of aliphatic hydroxyl groups is 2. The van der Waals surface area contributed by atoms with Crippen molar-refractivity contribution in [1.29, 1.82) is 0 Å². The number of carbonyl (C=O) groups is 7. The minimum absolute atomic E-state index is 0.00811. The predicted octanol–water partition coefficient (Wildman–Crippen LogP) is -0.177. The molecule has 17 N–H and O–H groups in total. The highest BCUT2D eigenvalue weighted by Gasteiger charge is 2.47. The van der Waals surface area contributed by atoms with Crippen LogP contribution in [0.5, 0.6) is 5.75 Å². The Morgan fingerprint density at radius 3 is 1.88 bits per heavy atom. The number of aliphatic hydroxyl groups excluding tert-OH is 2. The SMILES string of the molecule is CC[C@H](C)[C@H](NC(=O)[C@H](CCC(=O)O)NC(=O)[C@H](CCC(=O)O)NC(=O)[C@H](Cc1ccc(OP(=O)(O)O)cc1)NC(=O)CCCCCCCNP(=O)(O)OP(=O)(O)OP(=O)(O)OC[C@H]1O[C@@H](n2cnc3c(N)ncnc32)[C@H](O)[C@@H]1O)C(=O)O. The molecule has 40 heteroatoms. The number of unbranched alkanes of at least 4 members (excludes halogenated alkanes) is 4. The summed E-state index contributed by atoms with van der Waals surface area (Å²) < 4.78 is 73.3. The van der Waals surface area contributed by atoms with Crippen molar-refractivity contribution in [3.05, 3.63) is 42.5 Å². The third kappa shape index (κ3) is 23.2. The van der Waals surface area contributed by atoms with E-state index in [4.69, 9.17) is 10.5 Å². The van der Waals surface area contributed by atoms with E-state index >= 15 is 0 Å². The monoisotopic (exact) mass is 1260 g/mol. The zero-order valence-electron chi connectivity index (χ0n) is 44.2. The van der Waals surface area contributed by atoms with Gasteiger partial charge in [0.25, 0.3) is 0 Å². The number of fused-ring (bicyclic) bond motifs is 1. The average Bonchev–Trinajstić information content (AvgIpc) is 3.98. The lowest BCUT2D eigenvalue weighted by Gasteiger charge is -2.27. The summed E-state index contributed by atoms with van der Waals surface area (Å²) in [5.41, 5.74) is 6.27. The van der Waals surface area contributed by atoms with Gasteiger partial charge in [-0.3, -0.25) is 47.6 Å². The smallest absolute Gasteiger partial charge is 0.481 e. The second-order valence-electron chi connectivity index (χ2n) is 18.7. The number of hydrogen-bond donors (Lipinski definition) is 16. The number of hydrogen-bond acceptors (Lipinski definition) is 22. The van der Waals surface area contributed by atoms with Crippen LogP contribution in [0.25, 0.3) is 11.2 Å². The number of aromatic nitrogens is 4. The molecule has 4 rings (SSSR count). The van der Waals surface area contributed by atoms with Gasteiger partial charge in [0.1, 0.15) is 60.1 Å². The quantitative estimate of drug-likeness (QED) is 0.0263. The van der Waals surface area contributed by atoms with Gasteiger partial charge in [0.05, 0.1) is 12.9 Å². The van der Waals surface area contributed by atoms with Crippen molar-refractivity contribution in [3.8, 4) is 5.75 Å². The number of rotatable bonds is 37. The largest absolute Gasteiger partial charge is 0.524 e. The van der Waals surface area contributed by atoms with Crippen molar-refractivity contribution in [3.63, 3.8) is 0 Å². The van der Waals surface area contributed by atoms with E-state index in [-0.39, 0.29) is 60.5 Å². The summed E-state index contributed by atoms with van der Waals surface area (Å²) in [5, 5.41) is 61.0. The molecular weight excluding hydrogens is 1200 g/mol. The Kier molecular flexibility index (Phi) is 26.2. The van der Waals surface area contributed by atoms with Crippen LogP contribution in [0.1, 0.15) is 96.3 Å². The molecule has 3 unspecified atom stereocenters. The predicted molar refractivity (Wildman–Crippen MR) is 280 cm³/mol. The van der Waals surface area contributed by atoms with Crippen LogP contribution < -0.4 is 36.6 Å². The maximum Gasteiger partial charge on any atom is 0.524 e. The van der Waals surface area contributed by atoms with Gasteiger partial charge in [-0.2, -0.15) is 8.62 Å². The first-order chi connectivity index (χ1) is 38.7. The lowest BCUT2D eigenvalue weighted by atomic mass is 9.98. The van der Waals surface area contributed by atoms with Gasteiger partial charge in [-0.1, -0.05) is 51.7 Å². The van der Waals surface area contributed by atoms with E-state index in [2.05, 4.69) is 53.9 Å². The van der Waals surface area contributed by atoms with Crippen molar-refractivity contribution in [2.45, 2.75) is 140 Å². The van der Waals surface area contributed by atoms with Crippen molar-refractivity contribution in [1.82, 2.24) is 45.9 Å². The molecule has 0 spiro atoms. The van der Waals surface area contributed by atoms with Crippen molar-refractivity contribution >= 4 is 89.7 Å². The molecule has 0 aliphatic carbocycles. The van der Waals surface area contributed by atoms with Crippen LogP contribution in [0.15, 0.2) is 36.9 Å². The number of carbonyl (C=O) groups excluding carboxylic acids is 4. The normalized spacial score (nSPS) is 20.3. The molecule has 36 nitrogen and oxygen atoms in total. The number of ether oxygens (including phenoxy) is 1. The third-order valence-electron chi connectivity index (χ3n) is 12.3. The highest BCUT2D eigenvalue weighted by Crippen LogP contribution is 2.66. The number of carboxylic acids is 3. The van der Waals surface area contributed by atoms with Crippen LogP contribution in [0.3, 0.4) is 0 Å². The van der Waals surface area contributed by atoms with E-state index in [0.717, 1.165) is 18.5 Å². The van der Waals surface area contributed by atoms with Crippen LogP contribution in [0, 0.1) is 5.92 Å². The van der Waals surface area contributed by atoms with Crippen LogP contribution in [-0.4, -0.2) is 167 Å². The number of phosphoric acid groups is 3. The number of benzene rings is 1. The molecule has 0 bridgehead atoms. The molecule has 0 radical (unpaired) electrons. The first-order valence-electron chi connectivity index (χ1n) is 25.2. The lowest BCUT2D eigenvalue weighted by molar-refractivity contribution is -0.144. The number of nitrogens with zero attached hydrogens (tertiary/aromatic N) is 4. The Hall–Kier alpha value is -5.90. The van der Waals surface area contributed by atoms with E-state index in [0.29, 0.717) is 25.7 Å². The topological polar surface area (TPSA) is 566 Å². The standard InChI is InChI=1S/C43H66N10O26P4/c1-3-23(2)33(43(64)65)52-40(62)27(15-17-32(57)58)50-39(61)26(14-16-31(55)56)51-41(63)28(19-24-10-12-25(13-11-24)77-81(68,69)70)49-30(54)9-7-5-4-6-8-18-48-80(66,67)78-83(73,74)79-82(71,72)75-20-29-35(59)36(60)42(76-29)53-22-47-34-37(44)45-21-46-38(34)53/h10-13,21-23,26-29,33,35-36,42,59-60H,3-9,14-20H2,1-2H3,(H,49,54)(H,50,61)(H,51,63)(H,52,62)(H,55,56)(H,57,58)(H,64,65)(H,71,72)(H,73,74)(H2,44,45,46)(H2,48,66,67)(H2,68,69,70)/t23-,26-,27-,28-,29+,33-,35+,36+,42+/m0/s1. The van der Waals surface area contributed by atoms with E-state index in [1.165, 1.54) is 30.0 Å². The van der Waals surface area contributed by atoms with Gasteiger partial charge in [0.2, 0.25) is 23.6 Å². The van der Waals surface area contributed by atoms with E-state index < -0.39 is 160 Å². The Bertz CT molecular complexity index is 2950. The van der Waals surface area contributed by atoms with E-state index in [9.17, 15) is 102 Å². The number of aliphatic carboxylic acids is 3. The third-order valence-corrected chi connectivity index (χ3v) is 17.2. The van der Waals surface area contributed by atoms with Crippen LogP contribution in [-0.2, 0) is 76.1 Å². The highest BCUT2D eigenvalue weighted by molar-refractivity contribution is 7.67. The first-order valence-corrected chi connectivity index (χ1v) is 31.3. The van der Waals surface area contributed by atoms with Gasteiger partial charge >= 0.3 is 49.1 Å². The summed E-state index contributed by atoms with van der Waals surface area (Å²) in [6.45, 7) is 1.81. The molecule has 464 valence electrons. The molecule has 12 atom stereocenters. The molecule has 1 fully saturated rings. The average molecular weight is 1260 g/mol. The highest BCUT2D eigenvalue weighted by atomic mass is 31.3. The number of nitrogen functional groups attached to an aromatic ring is 1. The van der Waals surface area contributed by atoms with Crippen LogP contribution >= 0.6 is 31.2 Å². The number of amides is 4. The van der Waals surface area contributed by atoms with Gasteiger partial charge in [-0.05, 0) is 49.3 Å². The maximum atomic E-state index is 14.0. The van der Waals surface area contributed by atoms with Crippen LogP contribution in [0.4, 0.5) is 5.82 Å². The zero-order chi connectivity index (χ0) is 62.0.